The maximum absolute atomic E-state index is 13.1. The summed E-state index contributed by atoms with van der Waals surface area (Å²) in [5, 5.41) is 10.8. The van der Waals surface area contributed by atoms with E-state index in [0.717, 1.165) is 37.4 Å². The molecule has 0 bridgehead atoms. The Morgan fingerprint density at radius 3 is 2.81 bits per heavy atom. The van der Waals surface area contributed by atoms with Crippen LogP contribution in [0.3, 0.4) is 0 Å². The molecule has 10 nitrogen and oxygen atoms in total. The zero-order chi connectivity index (χ0) is 21.8. The first-order chi connectivity index (χ1) is 14.8. The Balaban J connectivity index is 0.00000245. The summed E-state index contributed by atoms with van der Waals surface area (Å²) in [6.07, 6.45) is 4.33. The van der Waals surface area contributed by atoms with Crippen LogP contribution >= 0.6 is 12.4 Å². The molecule has 11 heteroatoms. The molecule has 0 aliphatic carbocycles. The van der Waals surface area contributed by atoms with Gasteiger partial charge in [0, 0.05) is 49.2 Å². The lowest BCUT2D eigenvalue weighted by molar-refractivity contribution is 0.257. The van der Waals surface area contributed by atoms with Crippen LogP contribution in [0, 0.1) is 13.8 Å². The molecule has 2 aliphatic heterocycles. The van der Waals surface area contributed by atoms with E-state index in [4.69, 9.17) is 0 Å². The fourth-order valence-corrected chi connectivity index (χ4v) is 4.43. The first kappa shape index (κ1) is 22.2. The molecule has 5 rings (SSSR count). The molecule has 2 amide bonds. The number of piperazine rings is 1. The number of amides is 2. The average molecular weight is 458 g/mol. The van der Waals surface area contributed by atoms with E-state index in [9.17, 15) is 4.79 Å². The van der Waals surface area contributed by atoms with Gasteiger partial charge in [0.2, 0.25) is 0 Å². The number of aromatic nitrogens is 5. The van der Waals surface area contributed by atoms with Crippen LogP contribution in [0.1, 0.15) is 30.9 Å². The normalized spacial score (nSPS) is 17.2. The van der Waals surface area contributed by atoms with Gasteiger partial charge >= 0.3 is 6.03 Å². The largest absolute Gasteiger partial charge is 0.368 e. The Bertz CT molecular complexity index is 1180. The van der Waals surface area contributed by atoms with E-state index >= 15 is 0 Å². The van der Waals surface area contributed by atoms with Crippen LogP contribution < -0.4 is 20.4 Å². The van der Waals surface area contributed by atoms with Crippen LogP contribution in [0.2, 0.25) is 0 Å². The monoisotopic (exact) mass is 457 g/mol. The third-order valence-corrected chi connectivity index (χ3v) is 5.88. The predicted molar refractivity (Wildman–Crippen MR) is 126 cm³/mol. The van der Waals surface area contributed by atoms with Crippen molar-refractivity contribution in [2.45, 2.75) is 39.7 Å². The highest BCUT2D eigenvalue weighted by Gasteiger charge is 2.32. The summed E-state index contributed by atoms with van der Waals surface area (Å²) in [5.41, 5.74) is 3.65. The second kappa shape index (κ2) is 8.18. The Hall–Kier alpha value is -2.98. The molecule has 0 spiro atoms. The maximum Gasteiger partial charge on any atom is 0.327 e. The summed E-state index contributed by atoms with van der Waals surface area (Å²) >= 11 is 0. The summed E-state index contributed by atoms with van der Waals surface area (Å²) in [5.74, 6) is 1.89. The number of anilines is 3. The Morgan fingerprint density at radius 2 is 2.03 bits per heavy atom. The minimum absolute atomic E-state index is 0. The number of carbonyl (C=O) groups excluding carboxylic acids is 1. The van der Waals surface area contributed by atoms with Crippen molar-refractivity contribution in [3.63, 3.8) is 0 Å². The first-order valence-corrected chi connectivity index (χ1v) is 10.6. The summed E-state index contributed by atoms with van der Waals surface area (Å²) in [4.78, 5) is 30.5. The van der Waals surface area contributed by atoms with E-state index < -0.39 is 0 Å². The third-order valence-electron chi connectivity index (χ3n) is 5.88. The summed E-state index contributed by atoms with van der Waals surface area (Å²) in [6.45, 7) is 11.5. The van der Waals surface area contributed by atoms with Crippen molar-refractivity contribution >= 4 is 41.4 Å². The molecule has 3 aromatic heterocycles. The van der Waals surface area contributed by atoms with Gasteiger partial charge in [0.25, 0.3) is 5.78 Å². The molecular weight excluding hydrogens is 430 g/mol. The van der Waals surface area contributed by atoms with Crippen molar-refractivity contribution in [3.8, 4) is 0 Å². The highest BCUT2D eigenvalue weighted by Crippen LogP contribution is 2.35. The first-order valence-electron chi connectivity index (χ1n) is 10.6. The lowest BCUT2D eigenvalue weighted by atomic mass is 10.0. The molecule has 2 aliphatic rings. The zero-order valence-corrected chi connectivity index (χ0v) is 19.5. The van der Waals surface area contributed by atoms with Gasteiger partial charge in [-0.15, -0.1) is 12.4 Å². The van der Waals surface area contributed by atoms with Gasteiger partial charge in [0.1, 0.15) is 11.6 Å². The van der Waals surface area contributed by atoms with Gasteiger partial charge in [0.15, 0.2) is 0 Å². The Kier molecular flexibility index (Phi) is 5.68. The molecule has 0 atom stereocenters. The van der Waals surface area contributed by atoms with Crippen molar-refractivity contribution in [1.82, 2.24) is 29.9 Å². The zero-order valence-electron chi connectivity index (χ0n) is 18.7. The highest BCUT2D eigenvalue weighted by atomic mass is 35.5. The number of aryl methyl sites for hydroxylation is 2. The topological polar surface area (TPSA) is 104 Å². The number of halogens is 1. The van der Waals surface area contributed by atoms with E-state index in [-0.39, 0.29) is 24.0 Å². The molecule has 1 fully saturated rings. The minimum atomic E-state index is -0.217. The second-order valence-electron chi connectivity index (χ2n) is 8.84. The molecule has 5 heterocycles. The molecule has 0 saturated carbocycles. The molecule has 32 heavy (non-hydrogen) atoms. The van der Waals surface area contributed by atoms with Gasteiger partial charge < -0.3 is 15.5 Å². The fraction of sp³-hybridized carbons (Fsp3) is 0.476. The number of hydrogen-bond donors (Lipinski definition) is 2. The number of nitrogens with zero attached hydrogens (tertiary/aromatic N) is 7. The minimum Gasteiger partial charge on any atom is -0.368 e. The number of carbonyl (C=O) groups is 1. The summed E-state index contributed by atoms with van der Waals surface area (Å²) in [7, 11) is 0. The molecule has 1 saturated heterocycles. The number of rotatable bonds is 2. The quantitative estimate of drug-likeness (QED) is 0.608. The van der Waals surface area contributed by atoms with Gasteiger partial charge in [-0.3, -0.25) is 4.90 Å². The summed E-state index contributed by atoms with van der Waals surface area (Å²) < 4.78 is 1.58. The fourth-order valence-electron chi connectivity index (χ4n) is 4.43. The average Bonchev–Trinajstić information content (AvgIpc) is 3.29. The number of nitrogens with one attached hydrogen (secondary N) is 2. The van der Waals surface area contributed by atoms with Crippen LogP contribution in [0.5, 0.6) is 0 Å². The number of urea groups is 1. The van der Waals surface area contributed by atoms with E-state index in [2.05, 4.69) is 55.5 Å². The van der Waals surface area contributed by atoms with Crippen LogP contribution in [-0.4, -0.2) is 62.3 Å². The molecule has 3 aromatic rings. The van der Waals surface area contributed by atoms with Crippen molar-refractivity contribution in [2.75, 3.05) is 41.3 Å². The molecular formula is C21H28ClN9O. The second-order valence-corrected chi connectivity index (χ2v) is 8.84. The Labute approximate surface area is 192 Å². The molecule has 2 N–H and O–H groups in total. The summed E-state index contributed by atoms with van der Waals surface area (Å²) in [6, 6.07) is 1.85. The van der Waals surface area contributed by atoms with Crippen molar-refractivity contribution < 1.29 is 4.79 Å². The predicted octanol–water partition coefficient (Wildman–Crippen LogP) is 2.34. The molecule has 0 radical (unpaired) electrons. The lowest BCUT2D eigenvalue weighted by Crippen LogP contribution is -2.57. The van der Waals surface area contributed by atoms with Crippen LogP contribution in [0.4, 0.5) is 22.0 Å². The van der Waals surface area contributed by atoms with E-state index in [0.29, 0.717) is 29.5 Å². The molecule has 0 unspecified atom stereocenters. The smallest absolute Gasteiger partial charge is 0.327 e. The third kappa shape index (κ3) is 3.95. The Morgan fingerprint density at radius 1 is 1.22 bits per heavy atom. The van der Waals surface area contributed by atoms with Gasteiger partial charge in [-0.2, -0.15) is 10.1 Å². The van der Waals surface area contributed by atoms with Crippen molar-refractivity contribution in [2.24, 2.45) is 0 Å². The van der Waals surface area contributed by atoms with E-state index in [1.165, 1.54) is 5.69 Å². The molecule has 170 valence electrons. The van der Waals surface area contributed by atoms with E-state index in [1.54, 1.807) is 21.8 Å². The van der Waals surface area contributed by atoms with Crippen molar-refractivity contribution in [1.29, 1.82) is 0 Å². The number of hydrogen-bond acceptors (Lipinski definition) is 7. The van der Waals surface area contributed by atoms with Crippen LogP contribution in [0.25, 0.3) is 5.78 Å². The standard InChI is InChI=1S/C21H27N9O.ClH/c1-13-16(11-30-19(24-13)25-14(2)27-30)26-20(31)29-9-6-15-17(5-7-22-18(15)29)28-10-8-23-21(3,4)12-28;/h5,7,11,23H,6,8-10,12H2,1-4H3,(H,26,31);1H. The SMILES string of the molecule is Cc1nc2nc(C)c(NC(=O)N3CCc4c(N5CCNC(C)(C)C5)ccnc43)cn2n1.Cl. The van der Waals surface area contributed by atoms with Gasteiger partial charge in [-0.05, 0) is 40.2 Å². The van der Waals surface area contributed by atoms with Crippen LogP contribution in [0.15, 0.2) is 18.5 Å². The maximum atomic E-state index is 13.1. The van der Waals surface area contributed by atoms with Crippen molar-refractivity contribution in [3.05, 3.63) is 35.5 Å². The van der Waals surface area contributed by atoms with Gasteiger partial charge in [-0.25, -0.2) is 19.3 Å². The van der Waals surface area contributed by atoms with Crippen LogP contribution in [-0.2, 0) is 6.42 Å². The lowest BCUT2D eigenvalue weighted by Gasteiger charge is -2.41. The van der Waals surface area contributed by atoms with E-state index in [1.807, 2.05) is 13.8 Å². The molecule has 0 aromatic carbocycles. The number of pyridine rings is 1. The van der Waals surface area contributed by atoms with Gasteiger partial charge in [-0.1, -0.05) is 0 Å². The highest BCUT2D eigenvalue weighted by molar-refractivity contribution is 6.03. The van der Waals surface area contributed by atoms with Gasteiger partial charge in [0.05, 0.1) is 17.6 Å². The number of fused-ring (bicyclic) bond motifs is 2.